The highest BCUT2D eigenvalue weighted by molar-refractivity contribution is 5.88. The van der Waals surface area contributed by atoms with Gasteiger partial charge in [0, 0.05) is 24.7 Å². The van der Waals surface area contributed by atoms with Crippen LogP contribution >= 0.6 is 0 Å². The highest BCUT2D eigenvalue weighted by Gasteiger charge is 2.16. The van der Waals surface area contributed by atoms with Crippen LogP contribution in [0.4, 0.5) is 5.69 Å². The van der Waals surface area contributed by atoms with Crippen LogP contribution in [0.3, 0.4) is 0 Å². The van der Waals surface area contributed by atoms with Crippen LogP contribution in [0, 0.1) is 0 Å². The topological polar surface area (TPSA) is 41.1 Å². The van der Waals surface area contributed by atoms with Crippen molar-refractivity contribution in [2.45, 2.75) is 58.0 Å². The molecule has 1 aromatic carbocycles. The van der Waals surface area contributed by atoms with Crippen molar-refractivity contribution in [1.29, 1.82) is 0 Å². The summed E-state index contributed by atoms with van der Waals surface area (Å²) in [6.07, 6.45) is 6.69. The van der Waals surface area contributed by atoms with Crippen molar-refractivity contribution in [1.82, 2.24) is 5.32 Å². The molecule has 0 bridgehead atoms. The third-order valence-corrected chi connectivity index (χ3v) is 3.82. The Morgan fingerprint density at radius 3 is 2.37 bits per heavy atom. The Bertz CT molecular complexity index is 407. The van der Waals surface area contributed by atoms with E-state index in [0.29, 0.717) is 12.1 Å². The van der Waals surface area contributed by atoms with E-state index in [0.717, 1.165) is 5.69 Å². The molecular weight excluding hydrogens is 236 g/mol. The maximum atomic E-state index is 11.0. The predicted octanol–water partition coefficient (Wildman–Crippen LogP) is 3.63. The quantitative estimate of drug-likeness (QED) is 0.868. The van der Waals surface area contributed by atoms with Crippen molar-refractivity contribution < 1.29 is 4.79 Å². The van der Waals surface area contributed by atoms with Gasteiger partial charge >= 0.3 is 0 Å². The van der Waals surface area contributed by atoms with Gasteiger partial charge in [-0.15, -0.1) is 0 Å². The minimum atomic E-state index is -0.0267. The first-order valence-electron chi connectivity index (χ1n) is 7.29. The van der Waals surface area contributed by atoms with E-state index in [1.54, 1.807) is 0 Å². The Labute approximate surface area is 115 Å². The SMILES string of the molecule is CC(=O)Nc1ccc([C@@H](C)NC2CCCCC2)cc1. The van der Waals surface area contributed by atoms with Gasteiger partial charge in [0.15, 0.2) is 0 Å². The summed E-state index contributed by atoms with van der Waals surface area (Å²) < 4.78 is 0. The number of amides is 1. The van der Waals surface area contributed by atoms with Crippen LogP contribution in [0.15, 0.2) is 24.3 Å². The van der Waals surface area contributed by atoms with Crippen LogP contribution in [0.1, 0.15) is 57.6 Å². The van der Waals surface area contributed by atoms with E-state index >= 15 is 0 Å². The lowest BCUT2D eigenvalue weighted by atomic mass is 9.94. The maximum Gasteiger partial charge on any atom is 0.221 e. The van der Waals surface area contributed by atoms with Crippen molar-refractivity contribution in [2.24, 2.45) is 0 Å². The molecule has 1 aliphatic carbocycles. The Hall–Kier alpha value is -1.35. The first-order valence-corrected chi connectivity index (χ1v) is 7.29. The second kappa shape index (κ2) is 6.71. The molecule has 3 nitrogen and oxygen atoms in total. The van der Waals surface area contributed by atoms with Crippen molar-refractivity contribution in [3.63, 3.8) is 0 Å². The van der Waals surface area contributed by atoms with Gasteiger partial charge in [-0.1, -0.05) is 31.4 Å². The average Bonchev–Trinajstić information content (AvgIpc) is 2.40. The van der Waals surface area contributed by atoms with E-state index in [4.69, 9.17) is 0 Å². The first kappa shape index (κ1) is 14.1. The van der Waals surface area contributed by atoms with Gasteiger partial charge in [0.05, 0.1) is 0 Å². The molecule has 19 heavy (non-hydrogen) atoms. The van der Waals surface area contributed by atoms with Crippen molar-refractivity contribution in [3.8, 4) is 0 Å². The molecule has 0 saturated heterocycles. The zero-order valence-corrected chi connectivity index (χ0v) is 11.9. The van der Waals surface area contributed by atoms with Gasteiger partial charge < -0.3 is 10.6 Å². The van der Waals surface area contributed by atoms with Crippen molar-refractivity contribution in [3.05, 3.63) is 29.8 Å². The van der Waals surface area contributed by atoms with Crippen LogP contribution in [-0.4, -0.2) is 11.9 Å². The molecule has 1 atom stereocenters. The smallest absolute Gasteiger partial charge is 0.221 e. The lowest BCUT2D eigenvalue weighted by Crippen LogP contribution is -2.33. The third-order valence-electron chi connectivity index (χ3n) is 3.82. The lowest BCUT2D eigenvalue weighted by molar-refractivity contribution is -0.114. The van der Waals surface area contributed by atoms with Gasteiger partial charge in [-0.05, 0) is 37.5 Å². The van der Waals surface area contributed by atoms with Crippen LogP contribution < -0.4 is 10.6 Å². The molecule has 104 valence electrons. The molecule has 1 aromatic rings. The van der Waals surface area contributed by atoms with Crippen LogP contribution in [0.25, 0.3) is 0 Å². The van der Waals surface area contributed by atoms with Crippen molar-refractivity contribution in [2.75, 3.05) is 5.32 Å². The van der Waals surface area contributed by atoms with Crippen LogP contribution in [0.2, 0.25) is 0 Å². The Kier molecular flexibility index (Phi) is 4.97. The summed E-state index contributed by atoms with van der Waals surface area (Å²) in [5.74, 6) is -0.0267. The first-order chi connectivity index (χ1) is 9.15. The maximum absolute atomic E-state index is 11.0. The number of anilines is 1. The summed E-state index contributed by atoms with van der Waals surface area (Å²) in [5.41, 5.74) is 2.14. The molecule has 1 fully saturated rings. The number of rotatable bonds is 4. The number of carbonyl (C=O) groups is 1. The summed E-state index contributed by atoms with van der Waals surface area (Å²) in [6.45, 7) is 3.74. The van der Waals surface area contributed by atoms with Gasteiger partial charge in [-0.2, -0.15) is 0 Å². The summed E-state index contributed by atoms with van der Waals surface area (Å²) in [4.78, 5) is 11.0. The average molecular weight is 260 g/mol. The number of hydrogen-bond donors (Lipinski definition) is 2. The number of carbonyl (C=O) groups excluding carboxylic acids is 1. The summed E-state index contributed by atoms with van der Waals surface area (Å²) in [7, 11) is 0. The molecule has 1 amide bonds. The van der Waals surface area contributed by atoms with Gasteiger partial charge in [0.25, 0.3) is 0 Å². The monoisotopic (exact) mass is 260 g/mol. The Balaban J connectivity index is 1.91. The Morgan fingerprint density at radius 1 is 1.16 bits per heavy atom. The number of nitrogens with one attached hydrogen (secondary N) is 2. The fourth-order valence-corrected chi connectivity index (χ4v) is 2.78. The second-order valence-electron chi connectivity index (χ2n) is 5.53. The molecule has 3 heteroatoms. The zero-order valence-electron chi connectivity index (χ0n) is 11.9. The summed E-state index contributed by atoms with van der Waals surface area (Å²) >= 11 is 0. The molecule has 1 saturated carbocycles. The van der Waals surface area contributed by atoms with E-state index in [2.05, 4.69) is 29.7 Å². The molecule has 1 aliphatic rings. The molecule has 0 spiro atoms. The normalized spacial score (nSPS) is 18.0. The minimum absolute atomic E-state index is 0.0267. The fraction of sp³-hybridized carbons (Fsp3) is 0.562. The number of hydrogen-bond acceptors (Lipinski definition) is 2. The van der Waals surface area contributed by atoms with E-state index in [1.807, 2.05) is 12.1 Å². The van der Waals surface area contributed by atoms with E-state index < -0.39 is 0 Å². The van der Waals surface area contributed by atoms with Crippen LogP contribution in [-0.2, 0) is 4.79 Å². The Morgan fingerprint density at radius 2 is 1.79 bits per heavy atom. The zero-order chi connectivity index (χ0) is 13.7. The lowest BCUT2D eigenvalue weighted by Gasteiger charge is -2.27. The molecule has 0 aromatic heterocycles. The highest BCUT2D eigenvalue weighted by Crippen LogP contribution is 2.22. The van der Waals surface area contributed by atoms with Crippen LogP contribution in [0.5, 0.6) is 0 Å². The minimum Gasteiger partial charge on any atom is -0.326 e. The van der Waals surface area contributed by atoms with Crippen molar-refractivity contribution >= 4 is 11.6 Å². The van der Waals surface area contributed by atoms with Gasteiger partial charge in [-0.25, -0.2) is 0 Å². The summed E-state index contributed by atoms with van der Waals surface area (Å²) in [6, 6.07) is 9.15. The second-order valence-corrected chi connectivity index (χ2v) is 5.53. The van der Waals surface area contributed by atoms with E-state index in [9.17, 15) is 4.79 Å². The van der Waals surface area contributed by atoms with Gasteiger partial charge in [-0.3, -0.25) is 4.79 Å². The molecule has 0 unspecified atom stereocenters. The molecule has 2 rings (SSSR count). The third kappa shape index (κ3) is 4.35. The molecule has 0 radical (unpaired) electrons. The molecule has 0 aliphatic heterocycles. The van der Waals surface area contributed by atoms with E-state index in [1.165, 1.54) is 44.6 Å². The number of benzene rings is 1. The summed E-state index contributed by atoms with van der Waals surface area (Å²) in [5, 5.41) is 6.50. The van der Waals surface area contributed by atoms with E-state index in [-0.39, 0.29) is 5.91 Å². The highest BCUT2D eigenvalue weighted by atomic mass is 16.1. The molecule has 2 N–H and O–H groups in total. The largest absolute Gasteiger partial charge is 0.326 e. The molecular formula is C16H24N2O. The van der Waals surface area contributed by atoms with Gasteiger partial charge in [0.1, 0.15) is 0 Å². The molecule has 0 heterocycles. The standard InChI is InChI=1S/C16H24N2O/c1-12(17-15-6-4-3-5-7-15)14-8-10-16(11-9-14)18-13(2)19/h8-12,15,17H,3-7H2,1-2H3,(H,18,19)/t12-/m1/s1. The fourth-order valence-electron chi connectivity index (χ4n) is 2.78. The predicted molar refractivity (Wildman–Crippen MR) is 79.2 cm³/mol. The van der Waals surface area contributed by atoms with Gasteiger partial charge in [0.2, 0.25) is 5.91 Å².